The van der Waals surface area contributed by atoms with Crippen LogP contribution in [0.4, 0.5) is 0 Å². The molecule has 0 aliphatic carbocycles. The van der Waals surface area contributed by atoms with Crippen LogP contribution in [0.1, 0.15) is 0 Å². The van der Waals surface area contributed by atoms with E-state index in [1.54, 1.807) is 0 Å². The van der Waals surface area contributed by atoms with Crippen LogP contribution in [0.25, 0.3) is 0 Å². The smallest absolute Gasteiger partial charge is 0.386 e. The first-order valence-corrected chi connectivity index (χ1v) is 0.956. The predicted octanol–water partition coefficient (Wildman–Crippen LogP) is -0.0850. The summed E-state index contributed by atoms with van der Waals surface area (Å²) < 4.78 is 3.43. The maximum absolute atomic E-state index is 8.75. The third-order valence-electron chi connectivity index (χ3n) is 0.0373. The minimum absolute atomic E-state index is 1.04. The van der Waals surface area contributed by atoms with Crippen LogP contribution in [-0.4, -0.2) is 6.47 Å². The molecule has 3 heteroatoms. The van der Waals surface area contributed by atoms with Crippen molar-refractivity contribution < 1.29 is 8.98 Å². The molecule has 0 heterocycles. The van der Waals surface area contributed by atoms with E-state index in [1.807, 2.05) is 0 Å². The van der Waals surface area contributed by atoms with E-state index in [0.29, 0.717) is 0 Å². The van der Waals surface area contributed by atoms with Crippen LogP contribution in [0.5, 0.6) is 0 Å². The average molecular weight is 77.1 g/mol. The van der Waals surface area contributed by atoms with Gasteiger partial charge < -0.3 is 4.18 Å². The summed E-state index contributed by atoms with van der Waals surface area (Å²) in [4.78, 5) is 8.75. The summed E-state index contributed by atoms with van der Waals surface area (Å²) in [5, 5.41) is 0. The Morgan fingerprint density at radius 1 is 2.00 bits per heavy atom. The van der Waals surface area contributed by atoms with Crippen molar-refractivity contribution in [1.29, 1.82) is 0 Å². The lowest BCUT2D eigenvalue weighted by Crippen LogP contribution is -1.57. The van der Waals surface area contributed by atoms with Crippen molar-refractivity contribution in [2.24, 2.45) is 0 Å². The van der Waals surface area contributed by atoms with Gasteiger partial charge in [0.15, 0.2) is 0 Å². The minimum Gasteiger partial charge on any atom is -0.386 e. The lowest BCUT2D eigenvalue weighted by molar-refractivity contribution is 0.478. The Hall–Kier alpha value is -0.180. The van der Waals surface area contributed by atoms with Crippen molar-refractivity contribution in [2.45, 2.75) is 0 Å². The van der Waals surface area contributed by atoms with Gasteiger partial charge in [-0.15, -0.1) is 0 Å². The molecule has 0 aromatic carbocycles. The monoisotopic (exact) mass is 77.0 g/mol. The zero-order valence-corrected chi connectivity index (χ0v) is 2.66. The molecule has 0 atom stereocenters. The van der Waals surface area contributed by atoms with E-state index in [2.05, 4.69) is 17.1 Å². The fourth-order valence-corrected chi connectivity index (χ4v) is 0. The molecule has 1 radical (unpaired) electrons. The van der Waals surface area contributed by atoms with E-state index in [-0.39, 0.29) is 0 Å². The average Bonchev–Trinajstić information content (AvgIpc) is 1.37. The van der Waals surface area contributed by atoms with Crippen molar-refractivity contribution in [1.82, 2.24) is 0 Å². The fourth-order valence-electron chi connectivity index (χ4n) is 0. The zero-order chi connectivity index (χ0) is 3.41. The van der Waals surface area contributed by atoms with Crippen LogP contribution in [-0.2, 0) is 8.98 Å². The molecule has 0 aromatic heterocycles. The van der Waals surface area contributed by atoms with Gasteiger partial charge in [-0.3, -0.25) is 0 Å². The van der Waals surface area contributed by atoms with Gasteiger partial charge in [0.1, 0.15) is 0 Å². The molecule has 0 N–H and O–H groups in total. The van der Waals surface area contributed by atoms with Gasteiger partial charge in [0.25, 0.3) is 0 Å². The van der Waals surface area contributed by atoms with Crippen molar-refractivity contribution >= 4 is 19.4 Å². The third kappa shape index (κ3) is 1.82. The number of thiol groups is 1. The van der Waals surface area contributed by atoms with Gasteiger partial charge in [-0.2, -0.15) is 0 Å². The van der Waals surface area contributed by atoms with Crippen molar-refractivity contribution in [3.63, 3.8) is 0 Å². The van der Waals surface area contributed by atoms with Gasteiger partial charge >= 0.3 is 6.47 Å². The van der Waals surface area contributed by atoms with E-state index in [9.17, 15) is 0 Å². The van der Waals surface area contributed by atoms with Crippen molar-refractivity contribution in [3.05, 3.63) is 0 Å². The first-order chi connectivity index (χ1) is 1.91. The molecular formula is CHO2S. The highest BCUT2D eigenvalue weighted by atomic mass is 32.1. The quantitative estimate of drug-likeness (QED) is 0.350. The second kappa shape index (κ2) is 2.82. The molecule has 23 valence electrons. The van der Waals surface area contributed by atoms with E-state index in [0.717, 1.165) is 6.47 Å². The fraction of sp³-hybridized carbons (Fsp3) is 0. The summed E-state index contributed by atoms with van der Waals surface area (Å²) >= 11 is 3.00. The second-order valence-corrected chi connectivity index (χ2v) is 0.357. The number of carbonyl (C=O) groups excluding carboxylic acids is 1. The standard InChI is InChI=1S/CHO2S/c2-1-3-4/h4H. The lowest BCUT2D eigenvalue weighted by atomic mass is 11.7. The largest absolute Gasteiger partial charge is 0.430 e. The van der Waals surface area contributed by atoms with Gasteiger partial charge in [0, 0.05) is 12.9 Å². The van der Waals surface area contributed by atoms with Crippen LogP contribution in [0.15, 0.2) is 0 Å². The zero-order valence-electron chi connectivity index (χ0n) is 1.76. The Morgan fingerprint density at radius 2 is 2.25 bits per heavy atom. The molecule has 0 aromatic rings. The van der Waals surface area contributed by atoms with Crippen LogP contribution < -0.4 is 0 Å². The first-order valence-electron chi connectivity index (χ1n) is 0.591. The van der Waals surface area contributed by atoms with Gasteiger partial charge in [-0.1, -0.05) is 0 Å². The lowest BCUT2D eigenvalue weighted by Gasteiger charge is -1.60. The molecular weight excluding hydrogens is 76.1 g/mol. The summed E-state index contributed by atoms with van der Waals surface area (Å²) in [6.45, 7) is 1.04. The Morgan fingerprint density at radius 3 is 2.25 bits per heavy atom. The van der Waals surface area contributed by atoms with Crippen molar-refractivity contribution in [2.75, 3.05) is 0 Å². The summed E-state index contributed by atoms with van der Waals surface area (Å²) in [6.07, 6.45) is 0. The Bertz CT molecular complexity index is 20.0. The third-order valence-corrected chi connectivity index (χ3v) is 0.112. The van der Waals surface area contributed by atoms with Crippen LogP contribution >= 0.6 is 12.9 Å². The Labute approximate surface area is 29.4 Å². The summed E-state index contributed by atoms with van der Waals surface area (Å²) in [5.41, 5.74) is 0. The van der Waals surface area contributed by atoms with Crippen LogP contribution in [0.3, 0.4) is 0 Å². The normalized spacial score (nSPS) is 5.25. The summed E-state index contributed by atoms with van der Waals surface area (Å²) in [6, 6.07) is 0. The molecule has 0 unspecified atom stereocenters. The highest BCUT2D eigenvalue weighted by Crippen LogP contribution is 1.61. The van der Waals surface area contributed by atoms with Crippen LogP contribution in [0, 0.1) is 0 Å². The predicted molar refractivity (Wildman–Crippen MR) is 15.8 cm³/mol. The molecule has 0 aliphatic heterocycles. The minimum atomic E-state index is 1.04. The van der Waals surface area contributed by atoms with E-state index >= 15 is 0 Å². The summed E-state index contributed by atoms with van der Waals surface area (Å²) in [5.74, 6) is 0. The number of rotatable bonds is 1. The molecule has 0 aliphatic rings. The Kier molecular flexibility index (Phi) is 2.69. The molecule has 0 saturated carbocycles. The van der Waals surface area contributed by atoms with E-state index in [4.69, 9.17) is 4.79 Å². The number of hydrogen-bond acceptors (Lipinski definition) is 3. The second-order valence-electron chi connectivity index (χ2n) is 0.175. The van der Waals surface area contributed by atoms with Gasteiger partial charge in [0.05, 0.1) is 0 Å². The topological polar surface area (TPSA) is 26.3 Å². The molecule has 0 fully saturated rings. The number of hydrogen-bond donors (Lipinski definition) is 1. The highest BCUT2D eigenvalue weighted by Gasteiger charge is 1.52. The molecule has 0 bridgehead atoms. The maximum Gasteiger partial charge on any atom is 0.430 e. The molecule has 0 saturated heterocycles. The van der Waals surface area contributed by atoms with Gasteiger partial charge in [-0.25, -0.2) is 4.79 Å². The van der Waals surface area contributed by atoms with E-state index < -0.39 is 0 Å². The molecule has 0 rings (SSSR count). The maximum atomic E-state index is 8.75. The van der Waals surface area contributed by atoms with Crippen LogP contribution in [0.2, 0.25) is 0 Å². The van der Waals surface area contributed by atoms with Gasteiger partial charge in [-0.05, 0) is 0 Å². The van der Waals surface area contributed by atoms with E-state index in [1.165, 1.54) is 0 Å². The first kappa shape index (κ1) is 3.82. The van der Waals surface area contributed by atoms with Crippen molar-refractivity contribution in [3.8, 4) is 0 Å². The Balaban J connectivity index is 2.30. The molecule has 2 nitrogen and oxygen atoms in total. The molecule has 0 spiro atoms. The summed E-state index contributed by atoms with van der Waals surface area (Å²) in [7, 11) is 0. The highest BCUT2D eigenvalue weighted by molar-refractivity contribution is 7.75. The molecule has 4 heavy (non-hydrogen) atoms. The van der Waals surface area contributed by atoms with Gasteiger partial charge in [0.2, 0.25) is 0 Å². The molecule has 0 amide bonds. The SMILES string of the molecule is O=[C]OS.